The van der Waals surface area contributed by atoms with Gasteiger partial charge in [0.2, 0.25) is 0 Å². The molecule has 1 fully saturated rings. The summed E-state index contributed by atoms with van der Waals surface area (Å²) >= 11 is 3.16. The summed E-state index contributed by atoms with van der Waals surface area (Å²) in [5, 5.41) is 2.74. The molecular weight excluding hydrogens is 351 g/mol. The van der Waals surface area contributed by atoms with E-state index in [1.807, 2.05) is 0 Å². The summed E-state index contributed by atoms with van der Waals surface area (Å²) in [7, 11) is 0. The fraction of sp³-hybridized carbons (Fsp3) is 0.312. The van der Waals surface area contributed by atoms with Crippen molar-refractivity contribution in [2.24, 2.45) is 0 Å². The maximum atomic E-state index is 13.6. The van der Waals surface area contributed by atoms with Crippen LogP contribution in [0.25, 0.3) is 0 Å². The number of nitrogens with zero attached hydrogens (tertiary/aromatic N) is 1. The predicted octanol–water partition coefficient (Wildman–Crippen LogP) is 4.42. The summed E-state index contributed by atoms with van der Waals surface area (Å²) in [6.07, 6.45) is 3.42. The number of piperidine rings is 1. The third-order valence-electron chi connectivity index (χ3n) is 3.70. The zero-order valence-corrected chi connectivity index (χ0v) is 13.5. The number of carbonyl (C=O) groups excluding carboxylic acids is 1. The van der Waals surface area contributed by atoms with Crippen molar-refractivity contribution in [3.05, 3.63) is 46.6 Å². The number of hydrogen-bond donors (Lipinski definition) is 1. The van der Waals surface area contributed by atoms with Crippen LogP contribution in [0.15, 0.2) is 39.4 Å². The third-order valence-corrected chi connectivity index (χ3v) is 4.13. The minimum Gasteiger partial charge on any atom is -0.444 e. The van der Waals surface area contributed by atoms with E-state index in [0.717, 1.165) is 31.6 Å². The molecule has 4 nitrogen and oxygen atoms in total. The fourth-order valence-electron chi connectivity index (χ4n) is 2.64. The number of rotatable bonds is 3. The number of benzene rings is 1. The minimum absolute atomic E-state index is 0.181. The first kappa shape index (κ1) is 15.1. The van der Waals surface area contributed by atoms with Gasteiger partial charge in [0, 0.05) is 13.1 Å². The number of amides is 1. The summed E-state index contributed by atoms with van der Waals surface area (Å²) in [6, 6.07) is 7.70. The van der Waals surface area contributed by atoms with Crippen LogP contribution < -0.4 is 10.2 Å². The van der Waals surface area contributed by atoms with Gasteiger partial charge in [-0.3, -0.25) is 4.79 Å². The molecule has 0 atom stereocenters. The van der Waals surface area contributed by atoms with Crippen LogP contribution in [0.3, 0.4) is 0 Å². The second-order valence-corrected chi connectivity index (χ2v) is 6.05. The molecular formula is C16H16BrFN2O2. The molecule has 2 heterocycles. The van der Waals surface area contributed by atoms with Crippen LogP contribution in [0.1, 0.15) is 29.8 Å². The van der Waals surface area contributed by atoms with Gasteiger partial charge in [-0.2, -0.15) is 0 Å². The molecule has 1 amide bonds. The molecule has 116 valence electrons. The van der Waals surface area contributed by atoms with Crippen LogP contribution in [0.5, 0.6) is 0 Å². The molecule has 1 aromatic carbocycles. The largest absolute Gasteiger partial charge is 0.444 e. The van der Waals surface area contributed by atoms with E-state index in [4.69, 9.17) is 4.42 Å². The lowest BCUT2D eigenvalue weighted by Gasteiger charge is -2.30. The summed E-state index contributed by atoms with van der Waals surface area (Å²) < 4.78 is 19.3. The zero-order chi connectivity index (χ0) is 15.5. The predicted molar refractivity (Wildman–Crippen MR) is 86.8 cm³/mol. The van der Waals surface area contributed by atoms with E-state index in [9.17, 15) is 9.18 Å². The zero-order valence-electron chi connectivity index (χ0n) is 11.9. The molecule has 0 saturated carbocycles. The molecule has 0 unspecified atom stereocenters. The molecule has 1 saturated heterocycles. The van der Waals surface area contributed by atoms with Crippen LogP contribution in [-0.4, -0.2) is 19.0 Å². The van der Waals surface area contributed by atoms with Crippen LogP contribution in [0.4, 0.5) is 15.8 Å². The van der Waals surface area contributed by atoms with E-state index < -0.39 is 5.91 Å². The van der Waals surface area contributed by atoms with E-state index in [1.165, 1.54) is 18.6 Å². The normalized spacial score (nSPS) is 14.9. The van der Waals surface area contributed by atoms with E-state index in [1.54, 1.807) is 18.2 Å². The molecule has 1 aliphatic heterocycles. The van der Waals surface area contributed by atoms with Crippen LogP contribution >= 0.6 is 15.9 Å². The van der Waals surface area contributed by atoms with Crippen LogP contribution in [0, 0.1) is 5.82 Å². The molecule has 6 heteroatoms. The van der Waals surface area contributed by atoms with Gasteiger partial charge in [0.25, 0.3) is 5.91 Å². The smallest absolute Gasteiger partial charge is 0.291 e. The van der Waals surface area contributed by atoms with Crippen molar-refractivity contribution in [2.45, 2.75) is 19.3 Å². The topological polar surface area (TPSA) is 45.5 Å². The third kappa shape index (κ3) is 3.32. The Kier molecular flexibility index (Phi) is 4.47. The summed E-state index contributed by atoms with van der Waals surface area (Å²) in [4.78, 5) is 14.4. The SMILES string of the molecule is O=C(Nc1cc(F)ccc1N1CCCCC1)c1ccc(Br)o1. The van der Waals surface area contributed by atoms with Crippen molar-refractivity contribution in [1.82, 2.24) is 0 Å². The molecule has 0 bridgehead atoms. The number of anilines is 2. The second-order valence-electron chi connectivity index (χ2n) is 5.27. The first-order valence-corrected chi connectivity index (χ1v) is 8.04. The highest BCUT2D eigenvalue weighted by atomic mass is 79.9. The molecule has 22 heavy (non-hydrogen) atoms. The van der Waals surface area contributed by atoms with Gasteiger partial charge < -0.3 is 14.6 Å². The highest BCUT2D eigenvalue weighted by Gasteiger charge is 2.18. The molecule has 1 aliphatic rings. The fourth-order valence-corrected chi connectivity index (χ4v) is 2.95. The van der Waals surface area contributed by atoms with Crippen LogP contribution in [0.2, 0.25) is 0 Å². The van der Waals surface area contributed by atoms with Gasteiger partial charge in [-0.05, 0) is 65.5 Å². The lowest BCUT2D eigenvalue weighted by atomic mass is 10.1. The molecule has 3 rings (SSSR count). The molecule has 2 aromatic rings. The molecule has 0 radical (unpaired) electrons. The monoisotopic (exact) mass is 366 g/mol. The van der Waals surface area contributed by atoms with Crippen molar-refractivity contribution in [3.8, 4) is 0 Å². The summed E-state index contributed by atoms with van der Waals surface area (Å²) in [6.45, 7) is 1.83. The Labute approximate surface area is 136 Å². The average molecular weight is 367 g/mol. The standard InChI is InChI=1S/C16H16BrFN2O2/c17-15-7-6-14(22-15)16(21)19-12-10-11(18)4-5-13(12)20-8-2-1-3-9-20/h4-7,10H,1-3,8-9H2,(H,19,21). The van der Waals surface area contributed by atoms with E-state index in [-0.39, 0.29) is 11.6 Å². The number of furan rings is 1. The van der Waals surface area contributed by atoms with Crippen LogP contribution in [-0.2, 0) is 0 Å². The van der Waals surface area contributed by atoms with Crippen molar-refractivity contribution in [1.29, 1.82) is 0 Å². The van der Waals surface area contributed by atoms with Gasteiger partial charge >= 0.3 is 0 Å². The Morgan fingerprint density at radius 2 is 1.95 bits per heavy atom. The number of hydrogen-bond acceptors (Lipinski definition) is 3. The molecule has 0 spiro atoms. The minimum atomic E-state index is -0.394. The first-order chi connectivity index (χ1) is 10.6. The Hall–Kier alpha value is -1.82. The maximum absolute atomic E-state index is 13.6. The highest BCUT2D eigenvalue weighted by Crippen LogP contribution is 2.30. The van der Waals surface area contributed by atoms with Gasteiger partial charge in [-0.1, -0.05) is 0 Å². The molecule has 0 aliphatic carbocycles. The van der Waals surface area contributed by atoms with Gasteiger partial charge in [0.05, 0.1) is 11.4 Å². The lowest BCUT2D eigenvalue weighted by molar-refractivity contribution is 0.0995. The number of carbonyl (C=O) groups is 1. The van der Waals surface area contributed by atoms with Crippen molar-refractivity contribution in [3.63, 3.8) is 0 Å². The van der Waals surface area contributed by atoms with Crippen molar-refractivity contribution < 1.29 is 13.6 Å². The van der Waals surface area contributed by atoms with Gasteiger partial charge in [-0.25, -0.2) is 4.39 Å². The Morgan fingerprint density at radius 1 is 1.18 bits per heavy atom. The maximum Gasteiger partial charge on any atom is 0.291 e. The Bertz CT molecular complexity index is 681. The first-order valence-electron chi connectivity index (χ1n) is 7.25. The van der Waals surface area contributed by atoms with Gasteiger partial charge in [0.15, 0.2) is 10.4 Å². The number of nitrogens with one attached hydrogen (secondary N) is 1. The van der Waals surface area contributed by atoms with E-state index >= 15 is 0 Å². The molecule has 1 N–H and O–H groups in total. The van der Waals surface area contributed by atoms with E-state index in [2.05, 4.69) is 26.1 Å². The van der Waals surface area contributed by atoms with E-state index in [0.29, 0.717) is 10.4 Å². The summed E-state index contributed by atoms with van der Waals surface area (Å²) in [5.41, 5.74) is 1.32. The Morgan fingerprint density at radius 3 is 2.64 bits per heavy atom. The Balaban J connectivity index is 1.85. The van der Waals surface area contributed by atoms with Gasteiger partial charge in [0.1, 0.15) is 5.82 Å². The number of halogens is 2. The van der Waals surface area contributed by atoms with Gasteiger partial charge in [-0.15, -0.1) is 0 Å². The second kappa shape index (κ2) is 6.52. The van der Waals surface area contributed by atoms with Crippen molar-refractivity contribution in [2.75, 3.05) is 23.3 Å². The average Bonchev–Trinajstić information content (AvgIpc) is 2.95. The molecule has 1 aromatic heterocycles. The quantitative estimate of drug-likeness (QED) is 0.873. The van der Waals surface area contributed by atoms with Crippen molar-refractivity contribution >= 4 is 33.2 Å². The highest BCUT2D eigenvalue weighted by molar-refractivity contribution is 9.10. The summed E-state index contributed by atoms with van der Waals surface area (Å²) in [5.74, 6) is -0.591. The lowest BCUT2D eigenvalue weighted by Crippen LogP contribution is -2.30.